The van der Waals surface area contributed by atoms with Gasteiger partial charge < -0.3 is 25.3 Å². The normalized spacial score (nSPS) is 14.1. The van der Waals surface area contributed by atoms with Gasteiger partial charge in [-0.05, 0) is 26.3 Å². The summed E-state index contributed by atoms with van der Waals surface area (Å²) < 4.78 is 5.61. The van der Waals surface area contributed by atoms with Gasteiger partial charge >= 0.3 is 0 Å². The number of nitrogens with one attached hydrogen (secondary N) is 1. The molecule has 1 aromatic heterocycles. The van der Waals surface area contributed by atoms with Crippen molar-refractivity contribution in [2.24, 2.45) is 5.73 Å². The molecule has 1 fully saturated rings. The van der Waals surface area contributed by atoms with Crippen LogP contribution >= 0.6 is 0 Å². The van der Waals surface area contributed by atoms with E-state index in [1.807, 2.05) is 13.8 Å². The molecular formula is C17H26N6O2. The van der Waals surface area contributed by atoms with E-state index in [1.54, 1.807) is 11.8 Å². The van der Waals surface area contributed by atoms with Crippen molar-refractivity contribution in [2.45, 2.75) is 27.3 Å². The maximum Gasteiger partial charge on any atom is 0.265 e. The quantitative estimate of drug-likeness (QED) is 0.712. The lowest BCUT2D eigenvalue weighted by atomic mass is 10.2. The summed E-state index contributed by atoms with van der Waals surface area (Å²) in [6.07, 6.45) is 0. The number of hydrogen-bond donors (Lipinski definition) is 2. The zero-order valence-corrected chi connectivity index (χ0v) is 15.1. The van der Waals surface area contributed by atoms with Crippen LogP contribution in [0.5, 0.6) is 0 Å². The van der Waals surface area contributed by atoms with Gasteiger partial charge in [0.05, 0.1) is 0 Å². The van der Waals surface area contributed by atoms with Gasteiger partial charge in [0, 0.05) is 31.8 Å². The van der Waals surface area contributed by atoms with Gasteiger partial charge in [-0.2, -0.15) is 0 Å². The van der Waals surface area contributed by atoms with E-state index < -0.39 is 5.91 Å². The average Bonchev–Trinajstić information content (AvgIpc) is 3.02. The lowest BCUT2D eigenvalue weighted by Crippen LogP contribution is -2.47. The number of nitrogens with two attached hydrogens (primary N) is 1. The number of hydrogen-bond acceptors (Lipinski definition) is 7. The number of aromatic nitrogens is 2. The molecule has 0 radical (unpaired) electrons. The Balaban J connectivity index is 2.33. The molecule has 0 saturated carbocycles. The van der Waals surface area contributed by atoms with Crippen molar-refractivity contribution in [2.75, 3.05) is 26.2 Å². The summed E-state index contributed by atoms with van der Waals surface area (Å²) in [6, 6.07) is 0. The monoisotopic (exact) mass is 346 g/mol. The summed E-state index contributed by atoms with van der Waals surface area (Å²) in [7, 11) is 0. The molecule has 2 rings (SSSR count). The third-order valence-corrected chi connectivity index (χ3v) is 3.90. The van der Waals surface area contributed by atoms with Crippen LogP contribution in [-0.4, -0.2) is 52.1 Å². The topological polar surface area (TPSA) is 101 Å². The summed E-state index contributed by atoms with van der Waals surface area (Å²) in [5.74, 6) is 0.914. The maximum absolute atomic E-state index is 12.0. The first kappa shape index (κ1) is 18.7. The van der Waals surface area contributed by atoms with Crippen molar-refractivity contribution in [3.05, 3.63) is 42.0 Å². The average molecular weight is 346 g/mol. The molecular weight excluding hydrogens is 320 g/mol. The molecule has 0 aromatic carbocycles. The van der Waals surface area contributed by atoms with Crippen LogP contribution in [0.2, 0.25) is 0 Å². The molecule has 1 amide bonds. The summed E-state index contributed by atoms with van der Waals surface area (Å²) in [6.45, 7) is 17.0. The Hall–Kier alpha value is -2.61. The second-order valence-electron chi connectivity index (χ2n) is 6.23. The van der Waals surface area contributed by atoms with Crippen LogP contribution in [0.1, 0.15) is 32.6 Å². The van der Waals surface area contributed by atoms with E-state index in [1.165, 1.54) is 0 Å². The van der Waals surface area contributed by atoms with Crippen LogP contribution in [0, 0.1) is 0 Å². The number of allylic oxidation sites excluding steroid dienone is 2. The Labute approximate surface area is 148 Å². The largest absolute Gasteiger partial charge is 0.419 e. The van der Waals surface area contributed by atoms with Crippen LogP contribution in [0.3, 0.4) is 0 Å². The predicted molar refractivity (Wildman–Crippen MR) is 95.7 cm³/mol. The highest BCUT2D eigenvalue weighted by molar-refractivity contribution is 5.92. The van der Waals surface area contributed by atoms with Gasteiger partial charge in [-0.3, -0.25) is 4.79 Å². The number of rotatable bonds is 7. The number of nitrogens with zero attached hydrogens (tertiary/aromatic N) is 4. The minimum absolute atomic E-state index is 0.215. The highest BCUT2D eigenvalue weighted by Crippen LogP contribution is 2.22. The third kappa shape index (κ3) is 4.48. The van der Waals surface area contributed by atoms with Crippen molar-refractivity contribution in [3.63, 3.8) is 0 Å². The first-order chi connectivity index (χ1) is 11.8. The number of carbonyl (C=O) groups is 1. The van der Waals surface area contributed by atoms with Crippen molar-refractivity contribution >= 4 is 11.5 Å². The third-order valence-electron chi connectivity index (χ3n) is 3.90. The van der Waals surface area contributed by atoms with Crippen molar-refractivity contribution in [1.29, 1.82) is 0 Å². The van der Waals surface area contributed by atoms with Crippen LogP contribution in [-0.2, 0) is 11.3 Å². The molecule has 0 unspecified atom stereocenters. The highest BCUT2D eigenvalue weighted by atomic mass is 16.4. The van der Waals surface area contributed by atoms with Gasteiger partial charge in [0.25, 0.3) is 5.91 Å². The zero-order valence-electron chi connectivity index (χ0n) is 15.1. The predicted octanol–water partition coefficient (Wildman–Crippen LogP) is 1.06. The first-order valence-electron chi connectivity index (χ1n) is 8.19. The summed E-state index contributed by atoms with van der Waals surface area (Å²) >= 11 is 0. The zero-order chi connectivity index (χ0) is 18.6. The van der Waals surface area contributed by atoms with Crippen LogP contribution in [0.15, 0.2) is 34.7 Å². The molecule has 0 atom stereocenters. The lowest BCUT2D eigenvalue weighted by molar-refractivity contribution is -0.116. The SMILES string of the molecule is C=C(C)c1nnc(CN(C(=C)N2CCNCC2)C(C(N)=O)=C(C)C)o1. The molecule has 8 nitrogen and oxygen atoms in total. The molecule has 1 saturated heterocycles. The standard InChI is InChI=1S/C17H26N6O2/c1-11(2)15(16(18)24)23(13(5)22-8-6-19-7-9-22)10-14-20-21-17(25-14)12(3)4/h19H,3,5-10H2,1-2,4H3,(H2,18,24). The van der Waals surface area contributed by atoms with Gasteiger partial charge in [-0.1, -0.05) is 13.2 Å². The van der Waals surface area contributed by atoms with Gasteiger partial charge in [-0.25, -0.2) is 0 Å². The number of carbonyl (C=O) groups excluding carboxylic acids is 1. The second-order valence-corrected chi connectivity index (χ2v) is 6.23. The van der Waals surface area contributed by atoms with E-state index >= 15 is 0 Å². The van der Waals surface area contributed by atoms with E-state index in [4.69, 9.17) is 10.2 Å². The molecule has 2 heterocycles. The maximum atomic E-state index is 12.0. The van der Waals surface area contributed by atoms with Crippen molar-refractivity contribution in [3.8, 4) is 0 Å². The fourth-order valence-electron chi connectivity index (χ4n) is 2.67. The molecule has 1 aliphatic rings. The van der Waals surface area contributed by atoms with Crippen molar-refractivity contribution < 1.29 is 9.21 Å². The Bertz CT molecular complexity index is 696. The summed E-state index contributed by atoms with van der Waals surface area (Å²) in [5.41, 5.74) is 7.49. The second kappa shape index (κ2) is 7.98. The molecule has 3 N–H and O–H groups in total. The van der Waals surface area contributed by atoms with Crippen LogP contribution in [0.25, 0.3) is 5.57 Å². The number of piperazine rings is 1. The van der Waals surface area contributed by atoms with E-state index in [9.17, 15) is 4.79 Å². The Morgan fingerprint density at radius 3 is 2.40 bits per heavy atom. The van der Waals surface area contributed by atoms with E-state index in [0.717, 1.165) is 31.8 Å². The van der Waals surface area contributed by atoms with Gasteiger partial charge in [-0.15, -0.1) is 10.2 Å². The Morgan fingerprint density at radius 1 is 1.28 bits per heavy atom. The van der Waals surface area contributed by atoms with E-state index in [-0.39, 0.29) is 6.54 Å². The van der Waals surface area contributed by atoms with Gasteiger partial charge in [0.15, 0.2) is 0 Å². The van der Waals surface area contributed by atoms with Crippen LogP contribution in [0.4, 0.5) is 0 Å². The Kier molecular flexibility index (Phi) is 5.97. The first-order valence-corrected chi connectivity index (χ1v) is 8.19. The smallest absolute Gasteiger partial charge is 0.265 e. The number of primary amides is 1. The highest BCUT2D eigenvalue weighted by Gasteiger charge is 2.26. The molecule has 25 heavy (non-hydrogen) atoms. The van der Waals surface area contributed by atoms with Gasteiger partial charge in [0.2, 0.25) is 11.8 Å². The molecule has 1 aromatic rings. The fraction of sp³-hybridized carbons (Fsp3) is 0.471. The lowest BCUT2D eigenvalue weighted by Gasteiger charge is -2.37. The molecule has 0 bridgehead atoms. The molecule has 0 spiro atoms. The molecule has 8 heteroatoms. The number of amides is 1. The molecule has 136 valence electrons. The summed E-state index contributed by atoms with van der Waals surface area (Å²) in [5, 5.41) is 11.3. The van der Waals surface area contributed by atoms with Gasteiger partial charge in [0.1, 0.15) is 18.1 Å². The minimum Gasteiger partial charge on any atom is -0.419 e. The Morgan fingerprint density at radius 2 is 1.92 bits per heavy atom. The van der Waals surface area contributed by atoms with E-state index in [0.29, 0.717) is 28.9 Å². The van der Waals surface area contributed by atoms with Crippen LogP contribution < -0.4 is 11.1 Å². The fourth-order valence-corrected chi connectivity index (χ4v) is 2.67. The van der Waals surface area contributed by atoms with E-state index in [2.05, 4.69) is 33.6 Å². The molecule has 1 aliphatic heterocycles. The molecule has 0 aliphatic carbocycles. The van der Waals surface area contributed by atoms with Crippen molar-refractivity contribution in [1.82, 2.24) is 25.3 Å². The minimum atomic E-state index is -0.518. The summed E-state index contributed by atoms with van der Waals surface area (Å²) in [4.78, 5) is 15.9.